The summed E-state index contributed by atoms with van der Waals surface area (Å²) in [7, 11) is 0. The summed E-state index contributed by atoms with van der Waals surface area (Å²) >= 11 is 0. The van der Waals surface area contributed by atoms with E-state index in [4.69, 9.17) is 0 Å². The standard InChI is InChI=1S/C21H20O7/c1-10-6-11(7-12-2-4-15(22)20(27)18(12)25)8-14(17(10)24)9-13-3-5-16(23)21(28)19(13)26/h2-6,8,22-28H,7,9H2,1H3. The smallest absolute Gasteiger partial charge is 0.200 e. The van der Waals surface area contributed by atoms with E-state index in [-0.39, 0.29) is 18.6 Å². The minimum absolute atomic E-state index is 0.0218. The van der Waals surface area contributed by atoms with Crippen LogP contribution in [-0.2, 0) is 12.8 Å². The summed E-state index contributed by atoms with van der Waals surface area (Å²) in [6, 6.07) is 8.84. The lowest BCUT2D eigenvalue weighted by atomic mass is 9.95. The number of hydrogen-bond acceptors (Lipinski definition) is 7. The lowest BCUT2D eigenvalue weighted by Crippen LogP contribution is -1.97. The zero-order valence-electron chi connectivity index (χ0n) is 15.0. The molecular weight excluding hydrogens is 364 g/mol. The molecule has 0 spiro atoms. The van der Waals surface area contributed by atoms with E-state index in [1.54, 1.807) is 19.1 Å². The fourth-order valence-electron chi connectivity index (χ4n) is 3.10. The maximum atomic E-state index is 10.4. The van der Waals surface area contributed by atoms with Gasteiger partial charge < -0.3 is 35.7 Å². The second-order valence-corrected chi connectivity index (χ2v) is 6.66. The van der Waals surface area contributed by atoms with Gasteiger partial charge in [-0.15, -0.1) is 0 Å². The zero-order valence-corrected chi connectivity index (χ0v) is 15.0. The van der Waals surface area contributed by atoms with Crippen molar-refractivity contribution in [2.45, 2.75) is 19.8 Å². The molecule has 0 saturated carbocycles. The van der Waals surface area contributed by atoms with Gasteiger partial charge in [-0.05, 0) is 35.7 Å². The molecule has 0 aliphatic carbocycles. The van der Waals surface area contributed by atoms with Gasteiger partial charge in [0.25, 0.3) is 0 Å². The van der Waals surface area contributed by atoms with Crippen molar-refractivity contribution < 1.29 is 35.7 Å². The summed E-state index contributed by atoms with van der Waals surface area (Å²) in [4.78, 5) is 0. The number of aromatic hydroxyl groups is 7. The van der Waals surface area contributed by atoms with E-state index < -0.39 is 34.5 Å². The molecule has 3 rings (SSSR count). The van der Waals surface area contributed by atoms with Crippen LogP contribution in [0.3, 0.4) is 0 Å². The number of phenolic OH excluding ortho intramolecular Hbond substituents is 7. The number of aryl methyl sites for hydroxylation is 1. The second kappa shape index (κ2) is 7.11. The molecule has 0 fully saturated rings. The Morgan fingerprint density at radius 1 is 0.536 bits per heavy atom. The zero-order chi connectivity index (χ0) is 20.6. The van der Waals surface area contributed by atoms with Gasteiger partial charge in [0.05, 0.1) is 0 Å². The molecule has 0 aromatic heterocycles. The molecule has 3 aromatic carbocycles. The molecule has 7 nitrogen and oxygen atoms in total. The summed E-state index contributed by atoms with van der Waals surface area (Å²) in [5.41, 5.74) is 2.45. The molecule has 0 unspecified atom stereocenters. The summed E-state index contributed by atoms with van der Waals surface area (Å²) in [5.74, 6) is -2.97. The summed E-state index contributed by atoms with van der Waals surface area (Å²) in [6.45, 7) is 1.70. The normalized spacial score (nSPS) is 10.9. The third-order valence-corrected chi connectivity index (χ3v) is 4.64. The minimum atomic E-state index is -0.630. The Hall–Kier alpha value is -3.74. The third kappa shape index (κ3) is 3.42. The van der Waals surface area contributed by atoms with E-state index >= 15 is 0 Å². The first-order chi connectivity index (χ1) is 13.2. The monoisotopic (exact) mass is 384 g/mol. The molecule has 7 heteroatoms. The quantitative estimate of drug-likeness (QED) is 0.343. The van der Waals surface area contributed by atoms with Crippen LogP contribution in [-0.4, -0.2) is 35.7 Å². The number of benzene rings is 3. The van der Waals surface area contributed by atoms with E-state index in [1.807, 2.05) is 0 Å². The molecule has 0 bridgehead atoms. The summed E-state index contributed by atoms with van der Waals surface area (Å²) < 4.78 is 0. The largest absolute Gasteiger partial charge is 0.507 e. The molecular formula is C21H20O7. The first-order valence-corrected chi connectivity index (χ1v) is 8.46. The van der Waals surface area contributed by atoms with Crippen LogP contribution in [0.15, 0.2) is 36.4 Å². The van der Waals surface area contributed by atoms with Gasteiger partial charge in [-0.3, -0.25) is 0 Å². The lowest BCUT2D eigenvalue weighted by Gasteiger charge is -2.14. The fraction of sp³-hybridized carbons (Fsp3) is 0.143. The maximum absolute atomic E-state index is 10.4. The molecule has 0 saturated heterocycles. The van der Waals surface area contributed by atoms with Crippen LogP contribution >= 0.6 is 0 Å². The molecule has 7 N–H and O–H groups in total. The first kappa shape index (κ1) is 19.0. The topological polar surface area (TPSA) is 142 Å². The Labute approximate surface area is 160 Å². The van der Waals surface area contributed by atoms with Crippen molar-refractivity contribution in [3.63, 3.8) is 0 Å². The highest BCUT2D eigenvalue weighted by Gasteiger charge is 2.16. The van der Waals surface area contributed by atoms with Gasteiger partial charge in [0.1, 0.15) is 5.75 Å². The molecule has 0 amide bonds. The van der Waals surface area contributed by atoms with E-state index in [9.17, 15) is 35.7 Å². The van der Waals surface area contributed by atoms with Crippen molar-refractivity contribution in [1.29, 1.82) is 0 Å². The van der Waals surface area contributed by atoms with Crippen LogP contribution in [0.1, 0.15) is 27.8 Å². The Balaban J connectivity index is 1.98. The predicted molar refractivity (Wildman–Crippen MR) is 101 cm³/mol. The molecule has 0 aliphatic heterocycles. The number of rotatable bonds is 4. The molecule has 146 valence electrons. The molecule has 28 heavy (non-hydrogen) atoms. The van der Waals surface area contributed by atoms with Crippen molar-refractivity contribution >= 4 is 0 Å². The highest BCUT2D eigenvalue weighted by Crippen LogP contribution is 2.40. The number of phenols is 7. The van der Waals surface area contributed by atoms with Gasteiger partial charge in [0, 0.05) is 24.0 Å². The lowest BCUT2D eigenvalue weighted by molar-refractivity contribution is 0.365. The fourth-order valence-corrected chi connectivity index (χ4v) is 3.10. The van der Waals surface area contributed by atoms with Gasteiger partial charge >= 0.3 is 0 Å². The Kier molecular flexibility index (Phi) is 4.83. The maximum Gasteiger partial charge on any atom is 0.200 e. The SMILES string of the molecule is Cc1cc(Cc2ccc(O)c(O)c2O)cc(Cc2ccc(O)c(O)c2O)c1O. The molecule has 0 radical (unpaired) electrons. The Bertz CT molecular complexity index is 1060. The van der Waals surface area contributed by atoms with Crippen molar-refractivity contribution in [2.24, 2.45) is 0 Å². The van der Waals surface area contributed by atoms with Crippen LogP contribution in [0, 0.1) is 6.92 Å². The summed E-state index contributed by atoms with van der Waals surface area (Å²) in [6.07, 6.45) is 0.313. The van der Waals surface area contributed by atoms with Crippen molar-refractivity contribution in [3.05, 3.63) is 64.2 Å². The minimum Gasteiger partial charge on any atom is -0.507 e. The number of hydrogen-bond donors (Lipinski definition) is 7. The van der Waals surface area contributed by atoms with Gasteiger partial charge in [-0.2, -0.15) is 0 Å². The predicted octanol–water partition coefficient (Wildman–Crippen LogP) is 3.12. The van der Waals surface area contributed by atoms with E-state index in [2.05, 4.69) is 0 Å². The van der Waals surface area contributed by atoms with Crippen LogP contribution in [0.25, 0.3) is 0 Å². The Morgan fingerprint density at radius 3 is 1.57 bits per heavy atom. The van der Waals surface area contributed by atoms with Gasteiger partial charge in [0.2, 0.25) is 11.5 Å². The van der Waals surface area contributed by atoms with Crippen LogP contribution < -0.4 is 0 Å². The van der Waals surface area contributed by atoms with Crippen molar-refractivity contribution in [1.82, 2.24) is 0 Å². The molecule has 3 aromatic rings. The average Bonchev–Trinajstić information content (AvgIpc) is 2.66. The second-order valence-electron chi connectivity index (χ2n) is 6.66. The first-order valence-electron chi connectivity index (χ1n) is 8.46. The van der Waals surface area contributed by atoms with E-state index in [1.165, 1.54) is 24.3 Å². The van der Waals surface area contributed by atoms with Crippen molar-refractivity contribution in [3.8, 4) is 40.2 Å². The van der Waals surface area contributed by atoms with Gasteiger partial charge in [-0.25, -0.2) is 0 Å². The highest BCUT2D eigenvalue weighted by atomic mass is 16.3. The van der Waals surface area contributed by atoms with Crippen LogP contribution in [0.4, 0.5) is 0 Å². The van der Waals surface area contributed by atoms with Crippen molar-refractivity contribution in [2.75, 3.05) is 0 Å². The van der Waals surface area contributed by atoms with E-state index in [0.29, 0.717) is 27.8 Å². The van der Waals surface area contributed by atoms with Crippen LogP contribution in [0.5, 0.6) is 40.2 Å². The highest BCUT2D eigenvalue weighted by molar-refractivity contribution is 5.57. The average molecular weight is 384 g/mol. The van der Waals surface area contributed by atoms with E-state index in [0.717, 1.165) is 0 Å². The molecule has 0 atom stereocenters. The van der Waals surface area contributed by atoms with Gasteiger partial charge in [-0.1, -0.05) is 24.3 Å². The van der Waals surface area contributed by atoms with Crippen LogP contribution in [0.2, 0.25) is 0 Å². The molecule has 0 aliphatic rings. The summed E-state index contributed by atoms with van der Waals surface area (Å²) in [5, 5.41) is 68.7. The third-order valence-electron chi connectivity index (χ3n) is 4.64. The molecule has 0 heterocycles. The Morgan fingerprint density at radius 2 is 1.04 bits per heavy atom. The van der Waals surface area contributed by atoms with Gasteiger partial charge in [0.15, 0.2) is 23.0 Å².